The Morgan fingerprint density at radius 3 is 3.13 bits per heavy atom. The van der Waals surface area contributed by atoms with Crippen molar-refractivity contribution < 1.29 is 4.79 Å². The van der Waals surface area contributed by atoms with Gasteiger partial charge in [0.25, 0.3) is 0 Å². The largest absolute Gasteiger partial charge is 0.295 e. The van der Waals surface area contributed by atoms with Gasteiger partial charge < -0.3 is 0 Å². The van der Waals surface area contributed by atoms with Gasteiger partial charge in [-0.25, -0.2) is 0 Å². The molecule has 0 bridgehead atoms. The number of nitrogens with zero attached hydrogens (tertiary/aromatic N) is 1. The van der Waals surface area contributed by atoms with Crippen LogP contribution < -0.4 is 0 Å². The number of thiophene rings is 1. The number of rotatable bonds is 3. The zero-order chi connectivity index (χ0) is 10.5. The number of hydrogen-bond donors (Lipinski definition) is 0. The molecular formula is C11H15NOS2. The molecule has 1 aromatic heterocycles. The number of thioether (sulfide) groups is 1. The molecule has 2 rings (SSSR count). The Morgan fingerprint density at radius 1 is 1.40 bits per heavy atom. The summed E-state index contributed by atoms with van der Waals surface area (Å²) in [7, 11) is 0. The van der Waals surface area contributed by atoms with Crippen LogP contribution in [0.4, 0.5) is 0 Å². The average molecular weight is 241 g/mol. The molecule has 0 N–H and O–H groups in total. The summed E-state index contributed by atoms with van der Waals surface area (Å²) in [5, 5.41) is 1.96. The zero-order valence-electron chi connectivity index (χ0n) is 8.65. The summed E-state index contributed by atoms with van der Waals surface area (Å²) in [6.45, 7) is 2.73. The summed E-state index contributed by atoms with van der Waals surface area (Å²) in [6, 6.07) is 3.86. The van der Waals surface area contributed by atoms with Crippen LogP contribution in [0.5, 0.6) is 0 Å². The molecule has 1 aliphatic rings. The molecule has 1 aromatic rings. The second-order valence-corrected chi connectivity index (χ2v) is 5.81. The second kappa shape index (κ2) is 5.68. The lowest BCUT2D eigenvalue weighted by molar-refractivity contribution is 0.0940. The first-order valence-electron chi connectivity index (χ1n) is 5.23. The Balaban J connectivity index is 1.87. The molecule has 1 aliphatic heterocycles. The quantitative estimate of drug-likeness (QED) is 0.758. The highest BCUT2D eigenvalue weighted by Gasteiger charge is 2.14. The van der Waals surface area contributed by atoms with Gasteiger partial charge in [0.05, 0.1) is 11.4 Å². The van der Waals surface area contributed by atoms with Gasteiger partial charge in [0, 0.05) is 12.3 Å². The van der Waals surface area contributed by atoms with Crippen molar-refractivity contribution in [1.29, 1.82) is 0 Å². The Labute approximate surface area is 98.7 Å². The predicted octanol–water partition coefficient (Wildman–Crippen LogP) is 2.37. The van der Waals surface area contributed by atoms with E-state index in [1.165, 1.54) is 12.2 Å². The van der Waals surface area contributed by atoms with Crippen LogP contribution in [0, 0.1) is 0 Å². The topological polar surface area (TPSA) is 20.3 Å². The molecule has 0 aliphatic carbocycles. The maximum Gasteiger partial charge on any atom is 0.186 e. The van der Waals surface area contributed by atoms with Gasteiger partial charge in [0.1, 0.15) is 0 Å². The minimum Gasteiger partial charge on any atom is -0.295 e. The van der Waals surface area contributed by atoms with E-state index < -0.39 is 0 Å². The third kappa shape index (κ3) is 3.33. The van der Waals surface area contributed by atoms with Crippen LogP contribution in [0.1, 0.15) is 16.1 Å². The maximum atomic E-state index is 11.8. The fraction of sp³-hybridized carbons (Fsp3) is 0.545. The van der Waals surface area contributed by atoms with Crippen LogP contribution in [0.25, 0.3) is 0 Å². The minimum absolute atomic E-state index is 0.275. The Hall–Kier alpha value is -0.320. The molecule has 1 fully saturated rings. The molecule has 0 saturated carbocycles. The van der Waals surface area contributed by atoms with E-state index in [0.717, 1.165) is 23.7 Å². The van der Waals surface area contributed by atoms with Gasteiger partial charge in [0.15, 0.2) is 5.78 Å². The SMILES string of the molecule is O=C(CN1CCCSCC1)c1cccs1. The van der Waals surface area contributed by atoms with E-state index in [4.69, 9.17) is 0 Å². The van der Waals surface area contributed by atoms with Gasteiger partial charge in [-0.1, -0.05) is 6.07 Å². The van der Waals surface area contributed by atoms with Crippen molar-refractivity contribution >= 4 is 28.9 Å². The normalized spacial score (nSPS) is 18.7. The lowest BCUT2D eigenvalue weighted by atomic mass is 10.3. The number of carbonyl (C=O) groups is 1. The van der Waals surface area contributed by atoms with E-state index in [1.807, 2.05) is 29.3 Å². The minimum atomic E-state index is 0.275. The zero-order valence-corrected chi connectivity index (χ0v) is 10.3. The van der Waals surface area contributed by atoms with Gasteiger partial charge >= 0.3 is 0 Å². The Kier molecular flexibility index (Phi) is 4.23. The molecule has 0 amide bonds. The lowest BCUT2D eigenvalue weighted by Gasteiger charge is -2.17. The van der Waals surface area contributed by atoms with E-state index in [9.17, 15) is 4.79 Å². The second-order valence-electron chi connectivity index (χ2n) is 3.64. The summed E-state index contributed by atoms with van der Waals surface area (Å²) in [5.74, 6) is 2.68. The first-order valence-corrected chi connectivity index (χ1v) is 7.26. The standard InChI is InChI=1S/C11H15NOS2/c13-10(11-3-1-7-15-11)9-12-4-2-6-14-8-5-12/h1,3,7H,2,4-6,8-9H2. The molecule has 2 heterocycles. The molecule has 0 unspecified atom stereocenters. The van der Waals surface area contributed by atoms with Crippen LogP contribution >= 0.6 is 23.1 Å². The van der Waals surface area contributed by atoms with Gasteiger partial charge in [-0.15, -0.1) is 11.3 Å². The van der Waals surface area contributed by atoms with Crippen LogP contribution in [0.2, 0.25) is 0 Å². The van der Waals surface area contributed by atoms with Crippen LogP contribution in [0.15, 0.2) is 17.5 Å². The number of hydrogen-bond acceptors (Lipinski definition) is 4. The smallest absolute Gasteiger partial charge is 0.186 e. The van der Waals surface area contributed by atoms with E-state index in [0.29, 0.717) is 6.54 Å². The molecule has 4 heteroatoms. The average Bonchev–Trinajstić information content (AvgIpc) is 2.65. The third-order valence-corrected chi connectivity index (χ3v) is 4.44. The van der Waals surface area contributed by atoms with E-state index in [2.05, 4.69) is 4.90 Å². The summed E-state index contributed by atoms with van der Waals surface area (Å²) in [5.41, 5.74) is 0. The van der Waals surface area contributed by atoms with Crippen molar-refractivity contribution in [3.8, 4) is 0 Å². The molecular weight excluding hydrogens is 226 g/mol. The van der Waals surface area contributed by atoms with Crippen molar-refractivity contribution in [2.45, 2.75) is 6.42 Å². The van der Waals surface area contributed by atoms with Crippen molar-refractivity contribution in [1.82, 2.24) is 4.90 Å². The van der Waals surface area contributed by atoms with Gasteiger partial charge in [-0.3, -0.25) is 9.69 Å². The highest BCUT2D eigenvalue weighted by Crippen LogP contribution is 2.13. The molecule has 0 atom stereocenters. The number of Topliss-reactive ketones (excluding diaryl/α,β-unsaturated/α-hetero) is 1. The monoisotopic (exact) mass is 241 g/mol. The first-order chi connectivity index (χ1) is 7.36. The van der Waals surface area contributed by atoms with Crippen molar-refractivity contribution in [3.05, 3.63) is 22.4 Å². The Bertz CT molecular complexity index is 302. The lowest BCUT2D eigenvalue weighted by Crippen LogP contribution is -2.31. The first kappa shape index (κ1) is 11.2. The van der Waals surface area contributed by atoms with E-state index in [1.54, 1.807) is 11.3 Å². The molecule has 15 heavy (non-hydrogen) atoms. The summed E-state index contributed by atoms with van der Waals surface area (Å²) < 4.78 is 0. The Morgan fingerprint density at radius 2 is 2.33 bits per heavy atom. The number of carbonyl (C=O) groups excluding carboxylic acids is 1. The van der Waals surface area contributed by atoms with Gasteiger partial charge in [0.2, 0.25) is 0 Å². The van der Waals surface area contributed by atoms with Gasteiger partial charge in [-0.05, 0) is 30.2 Å². The summed E-state index contributed by atoms with van der Waals surface area (Å²) >= 11 is 3.54. The van der Waals surface area contributed by atoms with Crippen LogP contribution in [-0.2, 0) is 0 Å². The molecule has 1 saturated heterocycles. The predicted molar refractivity (Wildman–Crippen MR) is 67.0 cm³/mol. The molecule has 2 nitrogen and oxygen atoms in total. The summed E-state index contributed by atoms with van der Waals surface area (Å²) in [6.07, 6.45) is 1.21. The van der Waals surface area contributed by atoms with Crippen molar-refractivity contribution in [3.63, 3.8) is 0 Å². The molecule has 0 aromatic carbocycles. The molecule has 0 spiro atoms. The van der Waals surface area contributed by atoms with Crippen molar-refractivity contribution in [2.75, 3.05) is 31.1 Å². The number of ketones is 1. The highest BCUT2D eigenvalue weighted by molar-refractivity contribution is 7.99. The fourth-order valence-corrected chi connectivity index (χ4v) is 3.26. The molecule has 0 radical (unpaired) electrons. The fourth-order valence-electron chi connectivity index (χ4n) is 1.67. The molecule has 82 valence electrons. The summed E-state index contributed by atoms with van der Waals surface area (Å²) in [4.78, 5) is 15.0. The van der Waals surface area contributed by atoms with Crippen LogP contribution in [0.3, 0.4) is 0 Å². The van der Waals surface area contributed by atoms with Gasteiger partial charge in [-0.2, -0.15) is 11.8 Å². The van der Waals surface area contributed by atoms with Crippen LogP contribution in [-0.4, -0.2) is 41.8 Å². The van der Waals surface area contributed by atoms with Crippen molar-refractivity contribution in [2.24, 2.45) is 0 Å². The maximum absolute atomic E-state index is 11.8. The highest BCUT2D eigenvalue weighted by atomic mass is 32.2. The van der Waals surface area contributed by atoms with E-state index in [-0.39, 0.29) is 5.78 Å². The van der Waals surface area contributed by atoms with E-state index >= 15 is 0 Å². The third-order valence-electron chi connectivity index (χ3n) is 2.48.